The van der Waals surface area contributed by atoms with E-state index < -0.39 is 5.60 Å². The highest BCUT2D eigenvalue weighted by molar-refractivity contribution is 5.94. The van der Waals surface area contributed by atoms with E-state index in [9.17, 15) is 9.90 Å². The van der Waals surface area contributed by atoms with Crippen LogP contribution in [0.3, 0.4) is 0 Å². The summed E-state index contributed by atoms with van der Waals surface area (Å²) in [6.07, 6.45) is 1.70. The van der Waals surface area contributed by atoms with Crippen LogP contribution in [-0.2, 0) is 0 Å². The van der Waals surface area contributed by atoms with Crippen molar-refractivity contribution in [1.82, 2.24) is 14.7 Å². The molecule has 6 nitrogen and oxygen atoms in total. The molecule has 0 aliphatic carbocycles. The summed E-state index contributed by atoms with van der Waals surface area (Å²) in [7, 11) is 1.64. The third-order valence-corrected chi connectivity index (χ3v) is 3.17. The highest BCUT2D eigenvalue weighted by Gasteiger charge is 2.25. The Kier molecular flexibility index (Phi) is 5.05. The monoisotopic (exact) mass is 317 g/mol. The number of aliphatic hydroxyl groups is 1. The van der Waals surface area contributed by atoms with Gasteiger partial charge < -0.3 is 14.7 Å². The Hall–Kier alpha value is -2.34. The summed E-state index contributed by atoms with van der Waals surface area (Å²) >= 11 is 0. The number of hydrogen-bond donors (Lipinski definition) is 1. The summed E-state index contributed by atoms with van der Waals surface area (Å²) in [4.78, 5) is 14.1. The van der Waals surface area contributed by atoms with E-state index in [4.69, 9.17) is 4.74 Å². The standard InChI is InChI=1S/C17H23N3O3/c1-5-23-14-11-20(13-9-7-6-8-10-13)18-15(14)16(21)19(4)12-17(2,3)22/h6-11,22H,5,12H2,1-4H3. The average molecular weight is 317 g/mol. The molecular formula is C17H23N3O3. The van der Waals surface area contributed by atoms with Crippen molar-refractivity contribution in [3.8, 4) is 11.4 Å². The molecule has 0 radical (unpaired) electrons. The van der Waals surface area contributed by atoms with E-state index in [0.29, 0.717) is 12.4 Å². The fraction of sp³-hybridized carbons (Fsp3) is 0.412. The first kappa shape index (κ1) is 17.0. The van der Waals surface area contributed by atoms with E-state index in [0.717, 1.165) is 5.69 Å². The van der Waals surface area contributed by atoms with Gasteiger partial charge in [-0.25, -0.2) is 4.68 Å². The molecule has 6 heteroatoms. The predicted octanol–water partition coefficient (Wildman–Crippen LogP) is 2.11. The van der Waals surface area contributed by atoms with E-state index in [1.165, 1.54) is 4.90 Å². The van der Waals surface area contributed by atoms with Crippen LogP contribution in [0.1, 0.15) is 31.3 Å². The Bertz CT molecular complexity index is 659. The second kappa shape index (κ2) is 6.83. The molecule has 2 rings (SSSR count). The van der Waals surface area contributed by atoms with Gasteiger partial charge >= 0.3 is 0 Å². The van der Waals surface area contributed by atoms with E-state index >= 15 is 0 Å². The van der Waals surface area contributed by atoms with Gasteiger partial charge in [0.1, 0.15) is 0 Å². The quantitative estimate of drug-likeness (QED) is 0.886. The van der Waals surface area contributed by atoms with Gasteiger partial charge in [-0.3, -0.25) is 4.79 Å². The number of benzene rings is 1. The lowest BCUT2D eigenvalue weighted by atomic mass is 10.1. The van der Waals surface area contributed by atoms with Gasteiger partial charge in [-0.15, -0.1) is 0 Å². The zero-order valence-electron chi connectivity index (χ0n) is 14.0. The maximum Gasteiger partial charge on any atom is 0.278 e. The Morgan fingerprint density at radius 3 is 2.57 bits per heavy atom. The molecule has 0 aliphatic heterocycles. The molecule has 1 N–H and O–H groups in total. The van der Waals surface area contributed by atoms with Crippen molar-refractivity contribution >= 4 is 5.91 Å². The minimum absolute atomic E-state index is 0.204. The molecule has 23 heavy (non-hydrogen) atoms. The molecule has 1 aromatic carbocycles. The van der Waals surface area contributed by atoms with Crippen LogP contribution in [0.25, 0.3) is 5.69 Å². The lowest BCUT2D eigenvalue weighted by molar-refractivity contribution is 0.0362. The zero-order valence-corrected chi connectivity index (χ0v) is 14.0. The molecule has 1 amide bonds. The van der Waals surface area contributed by atoms with E-state index in [2.05, 4.69) is 5.10 Å². The molecule has 124 valence electrons. The summed E-state index contributed by atoms with van der Waals surface area (Å²) in [6, 6.07) is 9.52. The summed E-state index contributed by atoms with van der Waals surface area (Å²) < 4.78 is 7.17. The van der Waals surface area contributed by atoms with Gasteiger partial charge in [-0.05, 0) is 32.9 Å². The van der Waals surface area contributed by atoms with Crippen LogP contribution in [0.2, 0.25) is 0 Å². The third-order valence-electron chi connectivity index (χ3n) is 3.17. The maximum absolute atomic E-state index is 12.6. The van der Waals surface area contributed by atoms with Crippen LogP contribution in [-0.4, -0.2) is 51.5 Å². The van der Waals surface area contributed by atoms with Crippen LogP contribution in [0.4, 0.5) is 0 Å². The minimum atomic E-state index is -0.974. The Morgan fingerprint density at radius 2 is 2.00 bits per heavy atom. The normalized spacial score (nSPS) is 11.3. The molecule has 0 fully saturated rings. The van der Waals surface area contributed by atoms with Crippen molar-refractivity contribution < 1.29 is 14.6 Å². The molecule has 0 saturated heterocycles. The topological polar surface area (TPSA) is 67.6 Å². The van der Waals surface area contributed by atoms with Crippen molar-refractivity contribution in [2.45, 2.75) is 26.4 Å². The molecule has 0 spiro atoms. The summed E-state index contributed by atoms with van der Waals surface area (Å²) in [5.41, 5.74) is 0.109. The molecule has 0 bridgehead atoms. The van der Waals surface area contributed by atoms with Gasteiger partial charge in [0, 0.05) is 13.6 Å². The highest BCUT2D eigenvalue weighted by atomic mass is 16.5. The Morgan fingerprint density at radius 1 is 1.35 bits per heavy atom. The van der Waals surface area contributed by atoms with Crippen molar-refractivity contribution in [2.24, 2.45) is 0 Å². The van der Waals surface area contributed by atoms with Crippen molar-refractivity contribution in [3.63, 3.8) is 0 Å². The highest BCUT2D eigenvalue weighted by Crippen LogP contribution is 2.22. The lowest BCUT2D eigenvalue weighted by Crippen LogP contribution is -2.40. The van der Waals surface area contributed by atoms with Gasteiger partial charge in [0.15, 0.2) is 11.4 Å². The molecule has 0 unspecified atom stereocenters. The third kappa shape index (κ3) is 4.32. The summed E-state index contributed by atoms with van der Waals surface area (Å²) in [5, 5.41) is 14.3. The van der Waals surface area contributed by atoms with Gasteiger partial charge in [0.25, 0.3) is 5.91 Å². The number of carbonyl (C=O) groups excluding carboxylic acids is 1. The number of aromatic nitrogens is 2. The fourth-order valence-electron chi connectivity index (χ4n) is 2.31. The molecular weight excluding hydrogens is 294 g/mol. The molecule has 1 heterocycles. The first-order valence-electron chi connectivity index (χ1n) is 7.57. The molecule has 0 atom stereocenters. The number of rotatable bonds is 6. The number of para-hydroxylation sites is 1. The first-order valence-corrected chi connectivity index (χ1v) is 7.57. The number of amides is 1. The predicted molar refractivity (Wildman–Crippen MR) is 88.0 cm³/mol. The van der Waals surface area contributed by atoms with Crippen LogP contribution < -0.4 is 4.74 Å². The summed E-state index contributed by atoms with van der Waals surface area (Å²) in [6.45, 7) is 5.81. The number of nitrogens with zero attached hydrogens (tertiary/aromatic N) is 3. The van der Waals surface area contributed by atoms with Crippen molar-refractivity contribution in [2.75, 3.05) is 20.2 Å². The van der Waals surface area contributed by atoms with Crippen LogP contribution in [0.5, 0.6) is 5.75 Å². The summed E-state index contributed by atoms with van der Waals surface area (Å²) in [5.74, 6) is 0.147. The Balaban J connectivity index is 2.33. The number of ether oxygens (including phenoxy) is 1. The number of hydrogen-bond acceptors (Lipinski definition) is 4. The molecule has 0 saturated carbocycles. The van der Waals surface area contributed by atoms with Gasteiger partial charge in [-0.1, -0.05) is 18.2 Å². The fourth-order valence-corrected chi connectivity index (χ4v) is 2.31. The second-order valence-electron chi connectivity index (χ2n) is 6.03. The average Bonchev–Trinajstić information content (AvgIpc) is 2.90. The van der Waals surface area contributed by atoms with Gasteiger partial charge in [0.2, 0.25) is 0 Å². The van der Waals surface area contributed by atoms with E-state index in [-0.39, 0.29) is 18.1 Å². The smallest absolute Gasteiger partial charge is 0.278 e. The second-order valence-corrected chi connectivity index (χ2v) is 6.03. The van der Waals surface area contributed by atoms with Crippen molar-refractivity contribution in [3.05, 3.63) is 42.2 Å². The minimum Gasteiger partial charge on any atom is -0.490 e. The van der Waals surface area contributed by atoms with Crippen LogP contribution in [0, 0.1) is 0 Å². The maximum atomic E-state index is 12.6. The zero-order chi connectivity index (χ0) is 17.0. The van der Waals surface area contributed by atoms with E-state index in [1.807, 2.05) is 37.3 Å². The SMILES string of the molecule is CCOc1cn(-c2ccccc2)nc1C(=O)N(C)CC(C)(C)O. The van der Waals surface area contributed by atoms with Gasteiger partial charge in [0.05, 0.1) is 24.1 Å². The molecule has 1 aromatic heterocycles. The molecule has 0 aliphatic rings. The molecule has 2 aromatic rings. The van der Waals surface area contributed by atoms with Gasteiger partial charge in [-0.2, -0.15) is 5.10 Å². The Labute approximate surface area is 136 Å². The first-order chi connectivity index (χ1) is 10.8. The lowest BCUT2D eigenvalue weighted by Gasteiger charge is -2.25. The van der Waals surface area contributed by atoms with Crippen molar-refractivity contribution in [1.29, 1.82) is 0 Å². The number of likely N-dealkylation sites (N-methyl/N-ethyl adjacent to an activating group) is 1. The number of carbonyl (C=O) groups is 1. The largest absolute Gasteiger partial charge is 0.490 e. The van der Waals surface area contributed by atoms with Crippen LogP contribution in [0.15, 0.2) is 36.5 Å². The van der Waals surface area contributed by atoms with E-state index in [1.54, 1.807) is 31.8 Å². The van der Waals surface area contributed by atoms with Crippen LogP contribution >= 0.6 is 0 Å².